The molecule has 0 atom stereocenters. The molecule has 0 aliphatic carbocycles. The van der Waals surface area contributed by atoms with Crippen LogP contribution in [-0.4, -0.2) is 22.1 Å². The van der Waals surface area contributed by atoms with Gasteiger partial charge < -0.3 is 9.26 Å². The first-order chi connectivity index (χ1) is 9.82. The fraction of sp³-hybridized carbons (Fsp3) is 0.385. The van der Waals surface area contributed by atoms with E-state index in [2.05, 4.69) is 30.6 Å². The number of aromatic nitrogens is 2. The zero-order chi connectivity index (χ0) is 15.6. The predicted molar refractivity (Wildman–Crippen MR) is 73.5 cm³/mol. The zero-order valence-corrected chi connectivity index (χ0v) is 12.9. The molecule has 0 fully saturated rings. The third kappa shape index (κ3) is 3.55. The van der Waals surface area contributed by atoms with Crippen LogP contribution in [0.15, 0.2) is 16.7 Å². The minimum atomic E-state index is -4.64. The fourth-order valence-corrected chi connectivity index (χ4v) is 2.07. The van der Waals surface area contributed by atoms with Crippen molar-refractivity contribution in [2.75, 3.05) is 11.9 Å². The highest BCUT2D eigenvalue weighted by Gasteiger charge is 2.38. The minimum absolute atomic E-state index is 0.0967. The van der Waals surface area contributed by atoms with Crippen LogP contribution < -0.4 is 4.74 Å². The molecule has 4 nitrogen and oxygen atoms in total. The van der Waals surface area contributed by atoms with Crippen LogP contribution in [0.2, 0.25) is 0 Å². The van der Waals surface area contributed by atoms with Gasteiger partial charge in [-0.3, -0.25) is 0 Å². The first kappa shape index (κ1) is 15.8. The van der Waals surface area contributed by atoms with Crippen molar-refractivity contribution in [3.8, 4) is 17.1 Å². The average Bonchev–Trinajstić information content (AvgIpc) is 2.87. The molecule has 0 amide bonds. The van der Waals surface area contributed by atoms with Gasteiger partial charge in [-0.15, -0.1) is 0 Å². The molecule has 1 aromatic heterocycles. The second-order valence-corrected chi connectivity index (χ2v) is 5.19. The van der Waals surface area contributed by atoms with Gasteiger partial charge in [0.1, 0.15) is 5.75 Å². The summed E-state index contributed by atoms with van der Waals surface area (Å²) in [4.78, 5) is 3.37. The van der Waals surface area contributed by atoms with E-state index >= 15 is 0 Å². The lowest BCUT2D eigenvalue weighted by atomic mass is 10.1. The largest absolute Gasteiger partial charge is 0.492 e. The first-order valence-electron chi connectivity index (χ1n) is 6.04. The van der Waals surface area contributed by atoms with Gasteiger partial charge in [0.05, 0.1) is 6.61 Å². The third-order valence-electron chi connectivity index (χ3n) is 2.71. The highest BCUT2D eigenvalue weighted by molar-refractivity contribution is 9.09. The van der Waals surface area contributed by atoms with Crippen molar-refractivity contribution in [1.82, 2.24) is 10.1 Å². The molecule has 0 saturated carbocycles. The Labute approximate surface area is 127 Å². The van der Waals surface area contributed by atoms with Gasteiger partial charge in [-0.25, -0.2) is 0 Å². The zero-order valence-electron chi connectivity index (χ0n) is 11.3. The van der Waals surface area contributed by atoms with Gasteiger partial charge in [-0.2, -0.15) is 18.2 Å². The average molecular weight is 365 g/mol. The Hall–Kier alpha value is -1.57. The second kappa shape index (κ2) is 6.05. The van der Waals surface area contributed by atoms with Gasteiger partial charge in [-0.05, 0) is 37.1 Å². The number of rotatable bonds is 4. The summed E-state index contributed by atoms with van der Waals surface area (Å²) in [6, 6.07) is 3.34. The number of hydrogen-bond acceptors (Lipinski definition) is 4. The number of ether oxygens (including phenoxy) is 1. The van der Waals surface area contributed by atoms with Crippen LogP contribution in [0.5, 0.6) is 5.75 Å². The predicted octanol–water partition coefficient (Wildman–Crippen LogP) is 4.15. The van der Waals surface area contributed by atoms with Gasteiger partial charge in [0, 0.05) is 10.9 Å². The van der Waals surface area contributed by atoms with Gasteiger partial charge in [-0.1, -0.05) is 21.1 Å². The van der Waals surface area contributed by atoms with Gasteiger partial charge >= 0.3 is 12.1 Å². The molecule has 21 heavy (non-hydrogen) atoms. The number of halogens is 4. The van der Waals surface area contributed by atoms with E-state index < -0.39 is 12.1 Å². The van der Waals surface area contributed by atoms with Crippen molar-refractivity contribution in [2.24, 2.45) is 0 Å². The van der Waals surface area contributed by atoms with Crippen LogP contribution >= 0.6 is 15.9 Å². The number of alkyl halides is 4. The van der Waals surface area contributed by atoms with E-state index in [9.17, 15) is 13.2 Å². The summed E-state index contributed by atoms with van der Waals surface area (Å²) in [6.07, 6.45) is -4.64. The maximum atomic E-state index is 12.5. The van der Waals surface area contributed by atoms with Gasteiger partial charge in [0.25, 0.3) is 0 Å². The van der Waals surface area contributed by atoms with E-state index in [0.29, 0.717) is 23.2 Å². The molecule has 114 valence electrons. The lowest BCUT2D eigenvalue weighted by Gasteiger charge is -2.12. The molecule has 2 aromatic rings. The molecule has 0 bridgehead atoms. The Balaban J connectivity index is 2.35. The minimum Gasteiger partial charge on any atom is -0.492 e. The van der Waals surface area contributed by atoms with E-state index in [1.54, 1.807) is 12.1 Å². The van der Waals surface area contributed by atoms with E-state index in [0.717, 1.165) is 11.1 Å². The van der Waals surface area contributed by atoms with Crippen LogP contribution in [0.1, 0.15) is 17.0 Å². The highest BCUT2D eigenvalue weighted by Crippen LogP contribution is 2.32. The number of hydrogen-bond donors (Lipinski definition) is 0. The van der Waals surface area contributed by atoms with Crippen molar-refractivity contribution in [3.63, 3.8) is 0 Å². The molecule has 0 aliphatic heterocycles. The smallest absolute Gasteiger partial charge is 0.471 e. The molecule has 0 saturated heterocycles. The van der Waals surface area contributed by atoms with E-state index in [1.165, 1.54) is 0 Å². The number of aryl methyl sites for hydroxylation is 2. The molecular formula is C13H12BrF3N2O2. The topological polar surface area (TPSA) is 48.2 Å². The van der Waals surface area contributed by atoms with Gasteiger partial charge in [0.2, 0.25) is 5.82 Å². The molecule has 0 radical (unpaired) electrons. The SMILES string of the molecule is Cc1cc(-c2noc(C(F)(F)F)n2)cc(C)c1OCCBr. The van der Waals surface area contributed by atoms with E-state index in [1.807, 2.05) is 13.8 Å². The maximum Gasteiger partial charge on any atom is 0.471 e. The van der Waals surface area contributed by atoms with Crippen LogP contribution in [-0.2, 0) is 6.18 Å². The van der Waals surface area contributed by atoms with Crippen molar-refractivity contribution >= 4 is 15.9 Å². The van der Waals surface area contributed by atoms with Crippen molar-refractivity contribution in [2.45, 2.75) is 20.0 Å². The van der Waals surface area contributed by atoms with Crippen LogP contribution in [0.25, 0.3) is 11.4 Å². The van der Waals surface area contributed by atoms with Crippen molar-refractivity contribution in [3.05, 3.63) is 29.2 Å². The normalized spacial score (nSPS) is 11.7. The number of nitrogens with zero attached hydrogens (tertiary/aromatic N) is 2. The molecule has 0 aliphatic rings. The van der Waals surface area contributed by atoms with Crippen molar-refractivity contribution < 1.29 is 22.4 Å². The molecule has 2 rings (SSSR count). The molecule has 8 heteroatoms. The Morgan fingerprint density at radius 3 is 2.33 bits per heavy atom. The molecular weight excluding hydrogens is 353 g/mol. The Kier molecular flexibility index (Phi) is 4.55. The summed E-state index contributed by atoms with van der Waals surface area (Å²) >= 11 is 3.26. The van der Waals surface area contributed by atoms with Crippen LogP contribution in [0.4, 0.5) is 13.2 Å². The van der Waals surface area contributed by atoms with Crippen LogP contribution in [0.3, 0.4) is 0 Å². The molecule has 0 spiro atoms. The van der Waals surface area contributed by atoms with Crippen LogP contribution in [0, 0.1) is 13.8 Å². The van der Waals surface area contributed by atoms with E-state index in [-0.39, 0.29) is 5.82 Å². The Bertz CT molecular complexity index is 618. The quantitative estimate of drug-likeness (QED) is 0.764. The lowest BCUT2D eigenvalue weighted by molar-refractivity contribution is -0.159. The Morgan fingerprint density at radius 1 is 1.24 bits per heavy atom. The Morgan fingerprint density at radius 2 is 1.86 bits per heavy atom. The van der Waals surface area contributed by atoms with Gasteiger partial charge in [0.15, 0.2) is 0 Å². The number of benzene rings is 1. The first-order valence-corrected chi connectivity index (χ1v) is 7.16. The monoisotopic (exact) mass is 364 g/mol. The molecule has 1 heterocycles. The summed E-state index contributed by atoms with van der Waals surface area (Å²) < 4.78 is 47.2. The van der Waals surface area contributed by atoms with E-state index in [4.69, 9.17) is 4.74 Å². The summed E-state index contributed by atoms with van der Waals surface area (Å²) in [5, 5.41) is 4.06. The lowest BCUT2D eigenvalue weighted by Crippen LogP contribution is -2.05. The second-order valence-electron chi connectivity index (χ2n) is 4.40. The third-order valence-corrected chi connectivity index (χ3v) is 3.03. The molecule has 0 unspecified atom stereocenters. The summed E-state index contributed by atoms with van der Waals surface area (Å²) in [5.41, 5.74) is 2.05. The maximum absolute atomic E-state index is 12.5. The summed E-state index contributed by atoms with van der Waals surface area (Å²) in [7, 11) is 0. The van der Waals surface area contributed by atoms with Crippen molar-refractivity contribution in [1.29, 1.82) is 0 Å². The molecule has 1 aromatic carbocycles. The standard InChI is InChI=1S/C13H12BrF3N2O2/c1-7-5-9(6-8(2)10(7)20-4-3-14)11-18-12(21-19-11)13(15,16)17/h5-6H,3-4H2,1-2H3. The summed E-state index contributed by atoms with van der Waals surface area (Å²) in [5.74, 6) is -0.745. The fourth-order valence-electron chi connectivity index (χ4n) is 1.90. The summed E-state index contributed by atoms with van der Waals surface area (Å²) in [6.45, 7) is 4.12. The highest BCUT2D eigenvalue weighted by atomic mass is 79.9. The molecule has 0 N–H and O–H groups in total.